The van der Waals surface area contributed by atoms with Crippen LogP contribution in [0.2, 0.25) is 0 Å². The second kappa shape index (κ2) is 11.6. The number of aromatic nitrogens is 1. The van der Waals surface area contributed by atoms with Crippen molar-refractivity contribution < 1.29 is 4.74 Å². The average Bonchev–Trinajstić information content (AvgIpc) is 3.02. The van der Waals surface area contributed by atoms with Crippen LogP contribution in [0.25, 0.3) is 0 Å². The topological polar surface area (TPSA) is 58.5 Å². The van der Waals surface area contributed by atoms with Gasteiger partial charge in [-0.05, 0) is 31.6 Å². The van der Waals surface area contributed by atoms with Crippen molar-refractivity contribution in [1.82, 2.24) is 15.6 Å². The maximum atomic E-state index is 5.28. The Bertz CT molecular complexity index is 579. The molecule has 0 aliphatic heterocycles. The van der Waals surface area contributed by atoms with Crippen molar-refractivity contribution >= 4 is 41.3 Å². The first kappa shape index (κ1) is 24.6. The van der Waals surface area contributed by atoms with Crippen LogP contribution >= 0.6 is 35.3 Å². The summed E-state index contributed by atoms with van der Waals surface area (Å²) in [4.78, 5) is 9.63. The van der Waals surface area contributed by atoms with Crippen LogP contribution in [0.3, 0.4) is 0 Å². The first-order valence-electron chi connectivity index (χ1n) is 9.84. The molecule has 1 aromatic rings. The Hall–Kier alpha value is -0.410. The summed E-state index contributed by atoms with van der Waals surface area (Å²) in [6, 6.07) is 0. The van der Waals surface area contributed by atoms with Gasteiger partial charge in [-0.1, -0.05) is 27.2 Å². The van der Waals surface area contributed by atoms with Crippen LogP contribution in [0.15, 0.2) is 10.4 Å². The van der Waals surface area contributed by atoms with Crippen LogP contribution in [-0.4, -0.2) is 44.3 Å². The summed E-state index contributed by atoms with van der Waals surface area (Å²) >= 11 is 1.76. The largest absolute Gasteiger partial charge is 0.385 e. The minimum Gasteiger partial charge on any atom is -0.385 e. The zero-order valence-electron chi connectivity index (χ0n) is 17.6. The average molecular weight is 509 g/mol. The van der Waals surface area contributed by atoms with Crippen LogP contribution in [0.4, 0.5) is 0 Å². The number of guanidine groups is 1. The zero-order chi connectivity index (χ0) is 19.0. The summed E-state index contributed by atoms with van der Waals surface area (Å²) in [6.07, 6.45) is 5.91. The Kier molecular flexibility index (Phi) is 10.5. The molecule has 1 aliphatic rings. The first-order chi connectivity index (χ1) is 12.4. The van der Waals surface area contributed by atoms with Gasteiger partial charge in [-0.15, -0.1) is 35.3 Å². The van der Waals surface area contributed by atoms with E-state index in [2.05, 4.69) is 43.7 Å². The quantitative estimate of drug-likeness (QED) is 0.296. The van der Waals surface area contributed by atoms with Crippen molar-refractivity contribution in [2.45, 2.75) is 65.2 Å². The molecule has 5 nitrogen and oxygen atoms in total. The Labute approximate surface area is 186 Å². The van der Waals surface area contributed by atoms with Gasteiger partial charge in [-0.2, -0.15) is 0 Å². The first-order valence-corrected chi connectivity index (χ1v) is 10.7. The summed E-state index contributed by atoms with van der Waals surface area (Å²) in [5, 5.41) is 10.2. The molecule has 7 heteroatoms. The molecule has 27 heavy (non-hydrogen) atoms. The van der Waals surface area contributed by atoms with Crippen LogP contribution < -0.4 is 10.6 Å². The smallest absolute Gasteiger partial charge is 0.191 e. The van der Waals surface area contributed by atoms with Crippen molar-refractivity contribution in [2.24, 2.45) is 10.4 Å². The molecule has 0 unspecified atom stereocenters. The third-order valence-electron chi connectivity index (χ3n) is 5.12. The van der Waals surface area contributed by atoms with E-state index in [4.69, 9.17) is 14.7 Å². The molecule has 1 saturated carbocycles. The van der Waals surface area contributed by atoms with Gasteiger partial charge in [-0.3, -0.25) is 4.99 Å². The molecule has 1 heterocycles. The van der Waals surface area contributed by atoms with E-state index in [-0.39, 0.29) is 29.4 Å². The fraction of sp³-hybridized carbons (Fsp3) is 0.800. The number of nitrogens with zero attached hydrogens (tertiary/aromatic N) is 2. The molecule has 0 bridgehead atoms. The maximum Gasteiger partial charge on any atom is 0.191 e. The van der Waals surface area contributed by atoms with E-state index in [1.54, 1.807) is 18.4 Å². The number of methoxy groups -OCH3 is 1. The predicted molar refractivity (Wildman–Crippen MR) is 127 cm³/mol. The van der Waals surface area contributed by atoms with Gasteiger partial charge in [0.15, 0.2) is 5.96 Å². The standard InChI is InChI=1S/C20H36N4OS.HI/c1-6-21-18(23-15-20(9-7-10-20)11-13-25-5)22-12-8-17-24-16(14-26-17)19(2,3)4;/h14H,6-13,15H2,1-5H3,(H2,21,22,23);1H. The van der Waals surface area contributed by atoms with Crippen molar-refractivity contribution in [3.63, 3.8) is 0 Å². The number of hydrogen-bond acceptors (Lipinski definition) is 4. The lowest BCUT2D eigenvalue weighted by atomic mass is 9.67. The number of nitrogens with one attached hydrogen (secondary N) is 2. The van der Waals surface area contributed by atoms with Gasteiger partial charge >= 0.3 is 0 Å². The fourth-order valence-electron chi connectivity index (χ4n) is 3.13. The Morgan fingerprint density at radius 1 is 1.33 bits per heavy atom. The summed E-state index contributed by atoms with van der Waals surface area (Å²) in [7, 11) is 1.78. The number of rotatable bonds is 9. The second-order valence-electron chi connectivity index (χ2n) is 8.34. The molecule has 0 amide bonds. The van der Waals surface area contributed by atoms with Crippen molar-refractivity contribution in [3.05, 3.63) is 16.1 Å². The van der Waals surface area contributed by atoms with Crippen molar-refractivity contribution in [1.29, 1.82) is 0 Å². The minimum atomic E-state index is 0. The Balaban J connectivity index is 0.00000364. The van der Waals surface area contributed by atoms with Crippen molar-refractivity contribution in [3.8, 4) is 0 Å². The molecular weight excluding hydrogens is 471 g/mol. The van der Waals surface area contributed by atoms with Gasteiger partial charge in [0, 0.05) is 50.6 Å². The summed E-state index contributed by atoms with van der Waals surface area (Å²) in [5.74, 6) is 0.920. The highest BCUT2D eigenvalue weighted by Crippen LogP contribution is 2.44. The van der Waals surface area contributed by atoms with E-state index in [9.17, 15) is 0 Å². The molecule has 2 rings (SSSR count). The number of thiazole rings is 1. The van der Waals surface area contributed by atoms with Gasteiger partial charge in [-0.25, -0.2) is 4.98 Å². The molecule has 0 saturated heterocycles. The van der Waals surface area contributed by atoms with Gasteiger partial charge in [0.25, 0.3) is 0 Å². The normalized spacial score (nSPS) is 16.4. The molecule has 0 radical (unpaired) electrons. The molecule has 1 aliphatic carbocycles. The van der Waals surface area contributed by atoms with E-state index < -0.39 is 0 Å². The Morgan fingerprint density at radius 2 is 2.07 bits per heavy atom. The van der Waals surface area contributed by atoms with Crippen molar-refractivity contribution in [2.75, 3.05) is 33.4 Å². The number of aliphatic imine (C=N–C) groups is 1. The molecule has 0 aromatic carbocycles. The highest BCUT2D eigenvalue weighted by Gasteiger charge is 2.36. The predicted octanol–water partition coefficient (Wildman–Crippen LogP) is 4.36. The SMILES string of the molecule is CCNC(=NCC1(CCOC)CCC1)NCCc1nc(C(C)(C)C)cs1.I. The maximum absolute atomic E-state index is 5.28. The molecule has 0 atom stereocenters. The lowest BCUT2D eigenvalue weighted by Crippen LogP contribution is -2.41. The number of hydrogen-bond donors (Lipinski definition) is 2. The molecular formula is C20H37IN4OS. The molecule has 156 valence electrons. The van der Waals surface area contributed by atoms with E-state index in [0.717, 1.165) is 45.0 Å². The van der Waals surface area contributed by atoms with E-state index >= 15 is 0 Å². The second-order valence-corrected chi connectivity index (χ2v) is 9.29. The van der Waals surface area contributed by atoms with Gasteiger partial charge in [0.2, 0.25) is 0 Å². The molecule has 2 N–H and O–H groups in total. The van der Waals surface area contributed by atoms with E-state index in [1.807, 2.05) is 0 Å². The summed E-state index contributed by atoms with van der Waals surface area (Å²) in [6.45, 7) is 12.2. The lowest BCUT2D eigenvalue weighted by Gasteiger charge is -2.40. The van der Waals surface area contributed by atoms with Crippen LogP contribution in [0.5, 0.6) is 0 Å². The zero-order valence-corrected chi connectivity index (χ0v) is 20.7. The monoisotopic (exact) mass is 508 g/mol. The van der Waals surface area contributed by atoms with Crippen LogP contribution in [0.1, 0.15) is 64.1 Å². The Morgan fingerprint density at radius 3 is 2.59 bits per heavy atom. The summed E-state index contributed by atoms with van der Waals surface area (Å²) in [5.41, 5.74) is 1.66. The molecule has 0 spiro atoms. The minimum absolute atomic E-state index is 0. The van der Waals surface area contributed by atoms with E-state index in [1.165, 1.54) is 30.0 Å². The number of ether oxygens (including phenoxy) is 1. The van der Waals surface area contributed by atoms with E-state index in [0.29, 0.717) is 5.41 Å². The highest BCUT2D eigenvalue weighted by atomic mass is 127. The molecule has 1 fully saturated rings. The van der Waals surface area contributed by atoms with Gasteiger partial charge in [0.05, 0.1) is 10.7 Å². The third-order valence-corrected chi connectivity index (χ3v) is 6.03. The highest BCUT2D eigenvalue weighted by molar-refractivity contribution is 14.0. The van der Waals surface area contributed by atoms with Crippen LogP contribution in [0, 0.1) is 5.41 Å². The molecule has 1 aromatic heterocycles. The lowest BCUT2D eigenvalue weighted by molar-refractivity contribution is 0.0778. The fourth-order valence-corrected chi connectivity index (χ4v) is 4.15. The third kappa shape index (κ3) is 7.85. The van der Waals surface area contributed by atoms with Gasteiger partial charge in [0.1, 0.15) is 0 Å². The van der Waals surface area contributed by atoms with Crippen LogP contribution in [-0.2, 0) is 16.6 Å². The van der Waals surface area contributed by atoms with Gasteiger partial charge < -0.3 is 15.4 Å². The number of halogens is 1. The summed E-state index contributed by atoms with van der Waals surface area (Å²) < 4.78 is 5.28.